The van der Waals surface area contributed by atoms with Crippen molar-refractivity contribution in [2.24, 2.45) is 0 Å². The predicted octanol–water partition coefficient (Wildman–Crippen LogP) is -0.476. The Morgan fingerprint density at radius 2 is 1.45 bits per heavy atom. The molecule has 0 spiro atoms. The zero-order valence-corrected chi connectivity index (χ0v) is 6.42. The molecule has 0 saturated carbocycles. The standard InChI is InChI=1S/C4H9N.C2H2O4/c1-4(2)3-5-4;3-1(4)2(5)6/h5H,3H2,1-2H3;(H,3,4)(H,5,6). The van der Waals surface area contributed by atoms with Gasteiger partial charge in [-0.05, 0) is 13.8 Å². The lowest BCUT2D eigenvalue weighted by Gasteiger charge is -1.84. The van der Waals surface area contributed by atoms with Crippen LogP contribution in [0.15, 0.2) is 0 Å². The highest BCUT2D eigenvalue weighted by Crippen LogP contribution is 2.11. The van der Waals surface area contributed by atoms with Crippen LogP contribution in [0.4, 0.5) is 0 Å². The quantitative estimate of drug-likeness (QED) is 0.329. The smallest absolute Gasteiger partial charge is 0.414 e. The first-order chi connectivity index (χ1) is 4.85. The van der Waals surface area contributed by atoms with Crippen LogP contribution in [-0.4, -0.2) is 34.2 Å². The number of hydrogen-bond acceptors (Lipinski definition) is 3. The summed E-state index contributed by atoms with van der Waals surface area (Å²) in [4.78, 5) is 18.2. The van der Waals surface area contributed by atoms with Crippen molar-refractivity contribution in [2.75, 3.05) is 6.54 Å². The molecule has 1 fully saturated rings. The third kappa shape index (κ3) is 6.79. The van der Waals surface area contributed by atoms with Crippen LogP contribution in [0.1, 0.15) is 13.8 Å². The minimum Gasteiger partial charge on any atom is -0.473 e. The van der Waals surface area contributed by atoms with Crippen LogP contribution in [0.25, 0.3) is 0 Å². The van der Waals surface area contributed by atoms with E-state index >= 15 is 0 Å². The maximum absolute atomic E-state index is 9.10. The Balaban J connectivity index is 0.000000183. The van der Waals surface area contributed by atoms with Crippen LogP contribution in [0, 0.1) is 0 Å². The zero-order chi connectivity index (χ0) is 9.07. The molecule has 0 aromatic carbocycles. The maximum Gasteiger partial charge on any atom is 0.414 e. The Bertz CT molecular complexity index is 157. The first-order valence-corrected chi connectivity index (χ1v) is 3.06. The number of hydrogen-bond donors (Lipinski definition) is 3. The van der Waals surface area contributed by atoms with E-state index in [4.69, 9.17) is 19.8 Å². The van der Waals surface area contributed by atoms with Crippen molar-refractivity contribution in [3.8, 4) is 0 Å². The number of aliphatic carboxylic acids is 2. The fourth-order valence-corrected chi connectivity index (χ4v) is 0.177. The Kier molecular flexibility index (Phi) is 3.00. The zero-order valence-electron chi connectivity index (χ0n) is 6.42. The summed E-state index contributed by atoms with van der Waals surface area (Å²) in [6, 6.07) is 0. The SMILES string of the molecule is CC1(C)CN1.O=C(O)C(=O)O. The molecule has 1 heterocycles. The van der Waals surface area contributed by atoms with Gasteiger partial charge in [-0.25, -0.2) is 9.59 Å². The van der Waals surface area contributed by atoms with Crippen molar-refractivity contribution in [3.05, 3.63) is 0 Å². The topological polar surface area (TPSA) is 96.5 Å². The molecule has 0 aromatic rings. The summed E-state index contributed by atoms with van der Waals surface area (Å²) in [5.41, 5.74) is 0.500. The van der Waals surface area contributed by atoms with Gasteiger partial charge in [0.1, 0.15) is 0 Å². The third-order valence-corrected chi connectivity index (χ3v) is 1.07. The number of rotatable bonds is 0. The van der Waals surface area contributed by atoms with Gasteiger partial charge in [-0.2, -0.15) is 0 Å². The van der Waals surface area contributed by atoms with Crippen molar-refractivity contribution in [2.45, 2.75) is 19.4 Å². The molecular weight excluding hydrogens is 150 g/mol. The molecule has 0 unspecified atom stereocenters. The molecule has 1 saturated heterocycles. The van der Waals surface area contributed by atoms with Crippen LogP contribution < -0.4 is 5.32 Å². The summed E-state index contributed by atoms with van der Waals surface area (Å²) in [5.74, 6) is -3.65. The summed E-state index contributed by atoms with van der Waals surface area (Å²) in [6.07, 6.45) is 0. The average Bonchev–Trinajstić information content (AvgIpc) is 2.47. The largest absolute Gasteiger partial charge is 0.473 e. The van der Waals surface area contributed by atoms with E-state index in [0.717, 1.165) is 0 Å². The molecule has 0 amide bonds. The monoisotopic (exact) mass is 161 g/mol. The average molecular weight is 161 g/mol. The van der Waals surface area contributed by atoms with Gasteiger partial charge in [0.25, 0.3) is 0 Å². The molecule has 1 aliphatic heterocycles. The fourth-order valence-electron chi connectivity index (χ4n) is 0.177. The summed E-state index contributed by atoms with van der Waals surface area (Å²) in [5, 5.41) is 18.0. The minimum absolute atomic E-state index is 0.500. The van der Waals surface area contributed by atoms with Crippen LogP contribution >= 0.6 is 0 Å². The van der Waals surface area contributed by atoms with Gasteiger partial charge in [0.15, 0.2) is 0 Å². The van der Waals surface area contributed by atoms with Crippen molar-refractivity contribution in [1.82, 2.24) is 5.32 Å². The fraction of sp³-hybridized carbons (Fsp3) is 0.667. The lowest BCUT2D eigenvalue weighted by molar-refractivity contribution is -0.159. The second-order valence-electron chi connectivity index (χ2n) is 2.85. The maximum atomic E-state index is 9.10. The van der Waals surface area contributed by atoms with E-state index in [2.05, 4.69) is 19.2 Å². The number of nitrogens with one attached hydrogen (secondary N) is 1. The summed E-state index contributed by atoms with van der Waals surface area (Å²) >= 11 is 0. The lowest BCUT2D eigenvalue weighted by atomic mass is 10.3. The van der Waals surface area contributed by atoms with E-state index in [-0.39, 0.29) is 0 Å². The van der Waals surface area contributed by atoms with Gasteiger partial charge in [0, 0.05) is 12.1 Å². The van der Waals surface area contributed by atoms with E-state index < -0.39 is 11.9 Å². The van der Waals surface area contributed by atoms with Crippen molar-refractivity contribution in [3.63, 3.8) is 0 Å². The molecular formula is C6H11NO4. The predicted molar refractivity (Wildman–Crippen MR) is 37.4 cm³/mol. The van der Waals surface area contributed by atoms with E-state index in [9.17, 15) is 0 Å². The molecule has 64 valence electrons. The van der Waals surface area contributed by atoms with Crippen LogP contribution in [0.5, 0.6) is 0 Å². The molecule has 0 bridgehead atoms. The molecule has 5 nitrogen and oxygen atoms in total. The highest BCUT2D eigenvalue weighted by Gasteiger charge is 2.29. The van der Waals surface area contributed by atoms with Gasteiger partial charge in [-0.3, -0.25) is 0 Å². The van der Waals surface area contributed by atoms with Crippen LogP contribution in [-0.2, 0) is 9.59 Å². The molecule has 5 heteroatoms. The van der Waals surface area contributed by atoms with Gasteiger partial charge >= 0.3 is 11.9 Å². The van der Waals surface area contributed by atoms with Crippen molar-refractivity contribution in [1.29, 1.82) is 0 Å². The second kappa shape index (κ2) is 3.34. The number of carbonyl (C=O) groups is 2. The van der Waals surface area contributed by atoms with Crippen molar-refractivity contribution >= 4 is 11.9 Å². The Morgan fingerprint density at radius 3 is 1.45 bits per heavy atom. The normalized spacial score (nSPS) is 17.6. The van der Waals surface area contributed by atoms with Gasteiger partial charge in [0.2, 0.25) is 0 Å². The lowest BCUT2D eigenvalue weighted by Crippen LogP contribution is -2.09. The molecule has 0 aliphatic carbocycles. The van der Waals surface area contributed by atoms with Crippen LogP contribution in [0.2, 0.25) is 0 Å². The summed E-state index contributed by atoms with van der Waals surface area (Å²) < 4.78 is 0. The van der Waals surface area contributed by atoms with Crippen LogP contribution in [0.3, 0.4) is 0 Å². The summed E-state index contributed by atoms with van der Waals surface area (Å²) in [6.45, 7) is 5.58. The second-order valence-corrected chi connectivity index (χ2v) is 2.85. The Hall–Kier alpha value is -1.10. The highest BCUT2D eigenvalue weighted by molar-refractivity contribution is 6.27. The van der Waals surface area contributed by atoms with Gasteiger partial charge in [-0.1, -0.05) is 0 Å². The van der Waals surface area contributed by atoms with E-state index in [0.29, 0.717) is 5.54 Å². The molecule has 0 atom stereocenters. The highest BCUT2D eigenvalue weighted by atomic mass is 16.4. The van der Waals surface area contributed by atoms with E-state index in [1.165, 1.54) is 6.54 Å². The first-order valence-electron chi connectivity index (χ1n) is 3.06. The summed E-state index contributed by atoms with van der Waals surface area (Å²) in [7, 11) is 0. The van der Waals surface area contributed by atoms with Gasteiger partial charge in [-0.15, -0.1) is 0 Å². The Morgan fingerprint density at radius 1 is 1.27 bits per heavy atom. The molecule has 0 radical (unpaired) electrons. The first kappa shape index (κ1) is 9.90. The van der Waals surface area contributed by atoms with E-state index in [1.807, 2.05) is 0 Å². The van der Waals surface area contributed by atoms with E-state index in [1.54, 1.807) is 0 Å². The minimum atomic E-state index is -1.82. The number of carboxylic acid groups (broad SMARTS) is 2. The van der Waals surface area contributed by atoms with Crippen molar-refractivity contribution < 1.29 is 19.8 Å². The molecule has 1 rings (SSSR count). The molecule has 1 aliphatic rings. The Labute approximate surface area is 64.0 Å². The molecule has 3 N–H and O–H groups in total. The van der Waals surface area contributed by atoms with Gasteiger partial charge in [0.05, 0.1) is 0 Å². The third-order valence-electron chi connectivity index (χ3n) is 1.07. The number of carboxylic acids is 2. The van der Waals surface area contributed by atoms with Gasteiger partial charge < -0.3 is 15.5 Å². The molecule has 11 heavy (non-hydrogen) atoms. The molecule has 0 aromatic heterocycles.